The van der Waals surface area contributed by atoms with Gasteiger partial charge in [0, 0.05) is 0 Å². The molecule has 0 fully saturated rings. The van der Waals surface area contributed by atoms with Crippen molar-refractivity contribution in [2.24, 2.45) is 15.3 Å². The minimum atomic E-state index is -0.814. The second-order valence-corrected chi connectivity index (χ2v) is 5.35. The number of azo groups is 1. The van der Waals surface area contributed by atoms with Gasteiger partial charge in [-0.2, -0.15) is 20.3 Å². The Labute approximate surface area is 144 Å². The number of carbonyl (C=O) groups is 2. The van der Waals surface area contributed by atoms with Crippen LogP contribution in [0.2, 0.25) is 0 Å². The SMILES string of the molecule is COC(=O)c1ccccc1N=NC1C(=O)N(c2ccccc2)N=C1C. The first-order valence-corrected chi connectivity index (χ1v) is 7.64. The molecule has 1 heterocycles. The smallest absolute Gasteiger partial charge is 0.340 e. The van der Waals surface area contributed by atoms with Crippen molar-refractivity contribution in [1.82, 2.24) is 0 Å². The van der Waals surface area contributed by atoms with Crippen LogP contribution in [-0.4, -0.2) is 30.7 Å². The number of benzene rings is 2. The largest absolute Gasteiger partial charge is 0.465 e. The van der Waals surface area contributed by atoms with E-state index in [0.29, 0.717) is 17.1 Å². The second-order valence-electron chi connectivity index (χ2n) is 5.35. The molecule has 0 radical (unpaired) electrons. The number of carbonyl (C=O) groups excluding carboxylic acids is 2. The molecular formula is C18H16N4O3. The number of methoxy groups -OCH3 is 1. The predicted octanol–water partition coefficient (Wildman–Crippen LogP) is 3.35. The number of hydrogen-bond donors (Lipinski definition) is 0. The van der Waals surface area contributed by atoms with Gasteiger partial charge in [-0.3, -0.25) is 4.79 Å². The topological polar surface area (TPSA) is 83.7 Å². The van der Waals surface area contributed by atoms with Crippen molar-refractivity contribution < 1.29 is 14.3 Å². The monoisotopic (exact) mass is 336 g/mol. The maximum Gasteiger partial charge on any atom is 0.340 e. The first-order chi connectivity index (χ1) is 12.1. The molecule has 0 saturated heterocycles. The number of rotatable bonds is 4. The third-order valence-corrected chi connectivity index (χ3v) is 3.69. The third-order valence-electron chi connectivity index (χ3n) is 3.69. The summed E-state index contributed by atoms with van der Waals surface area (Å²) in [6.07, 6.45) is 0. The molecule has 1 unspecified atom stereocenters. The number of amides is 1. The Morgan fingerprint density at radius 2 is 1.80 bits per heavy atom. The Hall–Kier alpha value is -3.35. The fourth-order valence-electron chi connectivity index (χ4n) is 2.41. The molecule has 25 heavy (non-hydrogen) atoms. The van der Waals surface area contributed by atoms with Gasteiger partial charge in [0.25, 0.3) is 5.91 Å². The van der Waals surface area contributed by atoms with E-state index in [0.717, 1.165) is 0 Å². The van der Waals surface area contributed by atoms with Crippen LogP contribution in [0.25, 0.3) is 0 Å². The molecule has 7 nitrogen and oxygen atoms in total. The average Bonchev–Trinajstić information content (AvgIpc) is 2.94. The number of esters is 1. The summed E-state index contributed by atoms with van der Waals surface area (Å²) in [6, 6.07) is 15.0. The van der Waals surface area contributed by atoms with E-state index in [1.807, 2.05) is 18.2 Å². The number of ether oxygens (including phenoxy) is 1. The molecule has 0 spiro atoms. The van der Waals surface area contributed by atoms with Crippen LogP contribution in [0, 0.1) is 0 Å². The van der Waals surface area contributed by atoms with Crippen molar-refractivity contribution in [1.29, 1.82) is 0 Å². The van der Waals surface area contributed by atoms with Crippen LogP contribution in [-0.2, 0) is 9.53 Å². The van der Waals surface area contributed by atoms with Crippen molar-refractivity contribution in [2.75, 3.05) is 12.1 Å². The molecule has 0 bridgehead atoms. The zero-order chi connectivity index (χ0) is 17.8. The van der Waals surface area contributed by atoms with Gasteiger partial charge in [-0.05, 0) is 31.2 Å². The fourth-order valence-corrected chi connectivity index (χ4v) is 2.41. The Bertz CT molecular complexity index is 862. The maximum atomic E-state index is 12.6. The van der Waals surface area contributed by atoms with Crippen molar-refractivity contribution in [3.8, 4) is 0 Å². The number of nitrogens with zero attached hydrogens (tertiary/aromatic N) is 4. The van der Waals surface area contributed by atoms with E-state index in [9.17, 15) is 9.59 Å². The highest BCUT2D eigenvalue weighted by atomic mass is 16.5. The Morgan fingerprint density at radius 3 is 2.52 bits per heavy atom. The van der Waals surface area contributed by atoms with E-state index < -0.39 is 12.0 Å². The molecule has 0 aromatic heterocycles. The summed E-state index contributed by atoms with van der Waals surface area (Å²) in [7, 11) is 1.30. The van der Waals surface area contributed by atoms with E-state index >= 15 is 0 Å². The molecule has 1 aliphatic heterocycles. The molecule has 3 rings (SSSR count). The van der Waals surface area contributed by atoms with Crippen molar-refractivity contribution >= 4 is 29.0 Å². The molecule has 7 heteroatoms. The van der Waals surface area contributed by atoms with Gasteiger partial charge in [0.2, 0.25) is 0 Å². The summed E-state index contributed by atoms with van der Waals surface area (Å²) in [5, 5.41) is 13.8. The second kappa shape index (κ2) is 7.04. The third kappa shape index (κ3) is 3.30. The molecule has 1 atom stereocenters. The Balaban J connectivity index is 1.85. The van der Waals surface area contributed by atoms with E-state index in [1.54, 1.807) is 43.3 Å². The van der Waals surface area contributed by atoms with Crippen LogP contribution in [0.3, 0.4) is 0 Å². The maximum absolute atomic E-state index is 12.6. The van der Waals surface area contributed by atoms with Crippen molar-refractivity contribution in [3.05, 3.63) is 60.2 Å². The average molecular weight is 336 g/mol. The van der Waals surface area contributed by atoms with Gasteiger partial charge in [0.1, 0.15) is 0 Å². The van der Waals surface area contributed by atoms with E-state index in [4.69, 9.17) is 4.74 Å². The van der Waals surface area contributed by atoms with E-state index in [-0.39, 0.29) is 11.5 Å². The van der Waals surface area contributed by atoms with Crippen LogP contribution < -0.4 is 5.01 Å². The zero-order valence-electron chi connectivity index (χ0n) is 13.8. The van der Waals surface area contributed by atoms with E-state index in [2.05, 4.69) is 15.3 Å². The summed E-state index contributed by atoms with van der Waals surface area (Å²) in [5.74, 6) is -0.799. The standard InChI is InChI=1S/C18H16N4O3/c1-12-16(17(23)22(21-12)13-8-4-3-5-9-13)20-19-15-11-7-6-10-14(15)18(24)25-2/h3-11,16H,1-2H3. The normalized spacial score (nSPS) is 17.0. The molecule has 2 aromatic rings. The molecule has 126 valence electrons. The number of anilines is 1. The summed E-state index contributed by atoms with van der Waals surface area (Å²) < 4.78 is 4.73. The van der Waals surface area contributed by atoms with Crippen molar-refractivity contribution in [3.63, 3.8) is 0 Å². The molecule has 1 amide bonds. The van der Waals surface area contributed by atoms with Crippen molar-refractivity contribution in [2.45, 2.75) is 13.0 Å². The summed E-state index contributed by atoms with van der Waals surface area (Å²) >= 11 is 0. The summed E-state index contributed by atoms with van der Waals surface area (Å²) in [6.45, 7) is 1.72. The Morgan fingerprint density at radius 1 is 1.12 bits per heavy atom. The lowest BCUT2D eigenvalue weighted by atomic mass is 10.2. The number of hydrazone groups is 1. The van der Waals surface area contributed by atoms with Gasteiger partial charge in [0.05, 0.1) is 29.8 Å². The van der Waals surface area contributed by atoms with Gasteiger partial charge >= 0.3 is 5.97 Å². The fraction of sp³-hybridized carbons (Fsp3) is 0.167. The molecule has 1 aliphatic rings. The zero-order valence-corrected chi connectivity index (χ0v) is 13.8. The molecular weight excluding hydrogens is 320 g/mol. The summed E-state index contributed by atoms with van der Waals surface area (Å²) in [4.78, 5) is 24.4. The van der Waals surface area contributed by atoms with Gasteiger partial charge in [-0.25, -0.2) is 4.79 Å². The quantitative estimate of drug-likeness (QED) is 0.634. The van der Waals surface area contributed by atoms with Gasteiger partial charge < -0.3 is 4.74 Å². The first kappa shape index (κ1) is 16.5. The number of para-hydroxylation sites is 1. The van der Waals surface area contributed by atoms with Crippen LogP contribution in [0.5, 0.6) is 0 Å². The number of hydrogen-bond acceptors (Lipinski definition) is 6. The van der Waals surface area contributed by atoms with Gasteiger partial charge in [-0.1, -0.05) is 30.3 Å². The highest BCUT2D eigenvalue weighted by molar-refractivity contribution is 6.18. The van der Waals surface area contributed by atoms with Gasteiger partial charge in [0.15, 0.2) is 6.04 Å². The van der Waals surface area contributed by atoms with Crippen LogP contribution in [0.1, 0.15) is 17.3 Å². The van der Waals surface area contributed by atoms with Crippen LogP contribution in [0.15, 0.2) is 69.9 Å². The van der Waals surface area contributed by atoms with Crippen LogP contribution in [0.4, 0.5) is 11.4 Å². The Kier molecular flexibility index (Phi) is 4.65. The highest BCUT2D eigenvalue weighted by Gasteiger charge is 2.34. The molecule has 2 aromatic carbocycles. The first-order valence-electron chi connectivity index (χ1n) is 7.64. The lowest BCUT2D eigenvalue weighted by molar-refractivity contribution is -0.117. The molecule has 0 saturated carbocycles. The lowest BCUT2D eigenvalue weighted by Gasteiger charge is -2.11. The summed E-state index contributed by atoms with van der Waals surface area (Å²) in [5.41, 5.74) is 1.83. The lowest BCUT2D eigenvalue weighted by Crippen LogP contribution is -2.29. The minimum Gasteiger partial charge on any atom is -0.465 e. The predicted molar refractivity (Wildman–Crippen MR) is 93.1 cm³/mol. The molecule has 0 N–H and O–H groups in total. The highest BCUT2D eigenvalue weighted by Crippen LogP contribution is 2.24. The van der Waals surface area contributed by atoms with Gasteiger partial charge in [-0.15, -0.1) is 0 Å². The van der Waals surface area contributed by atoms with Crippen LogP contribution >= 0.6 is 0 Å². The minimum absolute atomic E-state index is 0.286. The van der Waals surface area contributed by atoms with E-state index in [1.165, 1.54) is 12.1 Å². The molecule has 0 aliphatic carbocycles.